The minimum Gasteiger partial charge on any atom is -0.355 e. The quantitative estimate of drug-likeness (QED) is 0.601. The predicted octanol–water partition coefficient (Wildman–Crippen LogP) is 2.50. The number of hydrogen-bond donors (Lipinski definition) is 0. The van der Waals surface area contributed by atoms with Crippen molar-refractivity contribution in [1.82, 2.24) is 19.8 Å². The van der Waals surface area contributed by atoms with Gasteiger partial charge in [-0.05, 0) is 25.0 Å². The van der Waals surface area contributed by atoms with Gasteiger partial charge in [-0.3, -0.25) is 9.59 Å². The third kappa shape index (κ3) is 3.27. The monoisotopic (exact) mass is 427 g/mol. The third-order valence-corrected chi connectivity index (χ3v) is 7.27. The van der Waals surface area contributed by atoms with Gasteiger partial charge < -0.3 is 14.7 Å². The summed E-state index contributed by atoms with van der Waals surface area (Å²) < 4.78 is 16.1. The van der Waals surface area contributed by atoms with Gasteiger partial charge in [0, 0.05) is 49.9 Å². The standard InChI is InChI=1S/C21H22FN5O2S/c22-15-2-1-3-16-17(15)18-19(30-16)20(24-12-23-18)26-6-4-14(5-7-26)21(29)27-10-8-25(13-28)9-11-27/h1-3,12-14H,4-11H2. The van der Waals surface area contributed by atoms with Crippen LogP contribution in [-0.4, -0.2) is 71.4 Å². The predicted molar refractivity (Wildman–Crippen MR) is 114 cm³/mol. The zero-order chi connectivity index (χ0) is 20.7. The topological polar surface area (TPSA) is 69.6 Å². The second-order valence-electron chi connectivity index (χ2n) is 7.82. The van der Waals surface area contributed by atoms with E-state index in [2.05, 4.69) is 14.9 Å². The van der Waals surface area contributed by atoms with Crippen LogP contribution in [0, 0.1) is 11.7 Å². The van der Waals surface area contributed by atoms with Crippen molar-refractivity contribution in [3.05, 3.63) is 30.3 Å². The number of aromatic nitrogens is 2. The van der Waals surface area contributed by atoms with Crippen molar-refractivity contribution in [2.45, 2.75) is 12.8 Å². The lowest BCUT2D eigenvalue weighted by molar-refractivity contribution is -0.139. The number of amides is 2. The summed E-state index contributed by atoms with van der Waals surface area (Å²) in [5.41, 5.74) is 0.657. The molecule has 2 fully saturated rings. The first-order chi connectivity index (χ1) is 14.7. The van der Waals surface area contributed by atoms with E-state index in [1.165, 1.54) is 23.7 Å². The molecule has 7 nitrogen and oxygen atoms in total. The SMILES string of the molecule is O=CN1CCN(C(=O)C2CCN(c3ncnc4c3sc3cccc(F)c34)CC2)CC1. The van der Waals surface area contributed by atoms with E-state index in [1.807, 2.05) is 11.0 Å². The summed E-state index contributed by atoms with van der Waals surface area (Å²) in [6.45, 7) is 3.89. The van der Waals surface area contributed by atoms with E-state index >= 15 is 0 Å². The van der Waals surface area contributed by atoms with Crippen molar-refractivity contribution < 1.29 is 14.0 Å². The van der Waals surface area contributed by atoms with Crippen LogP contribution in [0.25, 0.3) is 20.3 Å². The second kappa shape index (κ2) is 7.79. The molecule has 2 saturated heterocycles. The average Bonchev–Trinajstić information content (AvgIpc) is 3.19. The van der Waals surface area contributed by atoms with Gasteiger partial charge in [-0.2, -0.15) is 0 Å². The van der Waals surface area contributed by atoms with E-state index in [4.69, 9.17) is 0 Å². The number of hydrogen-bond acceptors (Lipinski definition) is 6. The Bertz CT molecular complexity index is 1100. The fourth-order valence-electron chi connectivity index (χ4n) is 4.44. The molecule has 156 valence electrons. The molecule has 0 bridgehead atoms. The summed E-state index contributed by atoms with van der Waals surface area (Å²) in [5.74, 6) is 0.756. The number of fused-ring (bicyclic) bond motifs is 3. The molecule has 1 aromatic carbocycles. The van der Waals surface area contributed by atoms with Crippen LogP contribution < -0.4 is 4.90 Å². The molecule has 2 aliphatic rings. The molecule has 4 heterocycles. The molecule has 0 aliphatic carbocycles. The maximum Gasteiger partial charge on any atom is 0.225 e. The molecule has 2 aromatic heterocycles. The number of piperidine rings is 1. The highest BCUT2D eigenvalue weighted by Crippen LogP contribution is 2.39. The smallest absolute Gasteiger partial charge is 0.225 e. The average molecular weight is 428 g/mol. The fraction of sp³-hybridized carbons (Fsp3) is 0.429. The summed E-state index contributed by atoms with van der Waals surface area (Å²) in [5, 5.41) is 0.556. The zero-order valence-corrected chi connectivity index (χ0v) is 17.3. The fourth-order valence-corrected chi connectivity index (χ4v) is 5.62. The highest BCUT2D eigenvalue weighted by atomic mass is 32.1. The van der Waals surface area contributed by atoms with Gasteiger partial charge in [0.15, 0.2) is 0 Å². The van der Waals surface area contributed by atoms with Gasteiger partial charge in [-0.15, -0.1) is 11.3 Å². The molecule has 9 heteroatoms. The van der Waals surface area contributed by atoms with Crippen molar-refractivity contribution in [1.29, 1.82) is 0 Å². The number of halogens is 1. The van der Waals surface area contributed by atoms with Crippen molar-refractivity contribution in [2.75, 3.05) is 44.2 Å². The summed E-state index contributed by atoms with van der Waals surface area (Å²) in [4.78, 5) is 38.4. The molecule has 0 atom stereocenters. The van der Waals surface area contributed by atoms with Crippen LogP contribution in [0.15, 0.2) is 24.5 Å². The molecule has 0 unspecified atom stereocenters. The van der Waals surface area contributed by atoms with Gasteiger partial charge in [0.05, 0.1) is 15.6 Å². The number of rotatable bonds is 3. The number of piperazine rings is 1. The number of nitrogens with zero attached hydrogens (tertiary/aromatic N) is 5. The lowest BCUT2D eigenvalue weighted by Gasteiger charge is -2.37. The van der Waals surface area contributed by atoms with Crippen LogP contribution in [0.5, 0.6) is 0 Å². The van der Waals surface area contributed by atoms with Crippen LogP contribution in [0.4, 0.5) is 10.2 Å². The van der Waals surface area contributed by atoms with Crippen LogP contribution >= 0.6 is 11.3 Å². The Balaban J connectivity index is 1.32. The third-order valence-electron chi connectivity index (χ3n) is 6.13. The van der Waals surface area contributed by atoms with Gasteiger partial charge in [-0.1, -0.05) is 6.07 Å². The maximum atomic E-state index is 14.4. The lowest BCUT2D eigenvalue weighted by Crippen LogP contribution is -2.51. The molecular weight excluding hydrogens is 405 g/mol. The van der Waals surface area contributed by atoms with E-state index in [-0.39, 0.29) is 17.6 Å². The first-order valence-corrected chi connectivity index (χ1v) is 11.0. The Morgan fingerprint density at radius 1 is 1.10 bits per heavy atom. The molecule has 5 rings (SSSR count). The summed E-state index contributed by atoms with van der Waals surface area (Å²) in [6, 6.07) is 5.08. The van der Waals surface area contributed by atoms with E-state index in [0.29, 0.717) is 37.1 Å². The number of carbonyl (C=O) groups excluding carboxylic acids is 2. The van der Waals surface area contributed by atoms with Crippen LogP contribution in [-0.2, 0) is 9.59 Å². The Kier molecular flexibility index (Phi) is 4.98. The number of anilines is 1. The van der Waals surface area contributed by atoms with Gasteiger partial charge in [0.1, 0.15) is 18.0 Å². The minimum atomic E-state index is -0.262. The molecule has 0 spiro atoms. The maximum absolute atomic E-state index is 14.4. The van der Waals surface area contributed by atoms with Crippen molar-refractivity contribution in [3.63, 3.8) is 0 Å². The Hall–Kier alpha value is -2.81. The normalized spacial score (nSPS) is 18.4. The Morgan fingerprint density at radius 2 is 1.87 bits per heavy atom. The number of thiophene rings is 1. The molecule has 2 amide bonds. The summed E-state index contributed by atoms with van der Waals surface area (Å²) in [7, 11) is 0. The van der Waals surface area contributed by atoms with E-state index < -0.39 is 0 Å². The molecule has 2 aliphatic heterocycles. The molecule has 0 saturated carbocycles. The highest BCUT2D eigenvalue weighted by molar-refractivity contribution is 7.26. The van der Waals surface area contributed by atoms with Crippen molar-refractivity contribution in [2.24, 2.45) is 5.92 Å². The Morgan fingerprint density at radius 3 is 2.60 bits per heavy atom. The van der Waals surface area contributed by atoms with Gasteiger partial charge >= 0.3 is 0 Å². The van der Waals surface area contributed by atoms with Gasteiger partial charge in [-0.25, -0.2) is 14.4 Å². The molecular formula is C21H22FN5O2S. The first-order valence-electron chi connectivity index (χ1n) is 10.2. The highest BCUT2D eigenvalue weighted by Gasteiger charge is 2.31. The van der Waals surface area contributed by atoms with Gasteiger partial charge in [0.2, 0.25) is 12.3 Å². The largest absolute Gasteiger partial charge is 0.355 e. The zero-order valence-electron chi connectivity index (χ0n) is 16.5. The molecule has 3 aromatic rings. The second-order valence-corrected chi connectivity index (χ2v) is 8.87. The van der Waals surface area contributed by atoms with Crippen LogP contribution in [0.2, 0.25) is 0 Å². The molecule has 30 heavy (non-hydrogen) atoms. The molecule has 0 N–H and O–H groups in total. The van der Waals surface area contributed by atoms with Crippen molar-refractivity contribution in [3.8, 4) is 0 Å². The minimum absolute atomic E-state index is 0.00112. The first kappa shape index (κ1) is 19.2. The van der Waals surface area contributed by atoms with Crippen molar-refractivity contribution >= 4 is 49.8 Å². The van der Waals surface area contributed by atoms with E-state index in [9.17, 15) is 14.0 Å². The summed E-state index contributed by atoms with van der Waals surface area (Å²) >= 11 is 1.51. The van der Waals surface area contributed by atoms with Gasteiger partial charge in [0.25, 0.3) is 0 Å². The molecule has 0 radical (unpaired) electrons. The Labute approximate surface area is 177 Å². The lowest BCUT2D eigenvalue weighted by atomic mass is 9.95. The van der Waals surface area contributed by atoms with Crippen LogP contribution in [0.3, 0.4) is 0 Å². The number of benzene rings is 1. The number of carbonyl (C=O) groups is 2. The summed E-state index contributed by atoms with van der Waals surface area (Å²) in [6.07, 6.45) is 3.87. The van der Waals surface area contributed by atoms with E-state index in [1.54, 1.807) is 11.0 Å². The van der Waals surface area contributed by atoms with E-state index in [0.717, 1.165) is 47.6 Å². The van der Waals surface area contributed by atoms with Crippen LogP contribution in [0.1, 0.15) is 12.8 Å².